The van der Waals surface area contributed by atoms with E-state index in [0.29, 0.717) is 39.3 Å². The molecule has 40 heavy (non-hydrogen) atoms. The molecule has 0 aliphatic heterocycles. The third kappa shape index (κ3) is 5.49. The van der Waals surface area contributed by atoms with Gasteiger partial charge in [0.15, 0.2) is 11.6 Å². The van der Waals surface area contributed by atoms with Gasteiger partial charge in [0.05, 0.1) is 30.1 Å². The van der Waals surface area contributed by atoms with E-state index < -0.39 is 15.9 Å². The highest BCUT2D eigenvalue weighted by Crippen LogP contribution is 2.32. The lowest BCUT2D eigenvalue weighted by molar-refractivity contribution is 0.100. The number of amides is 1. The van der Waals surface area contributed by atoms with Crippen LogP contribution < -0.4 is 25.2 Å². The number of primary amides is 1. The van der Waals surface area contributed by atoms with Crippen molar-refractivity contribution in [3.05, 3.63) is 96.6 Å². The second-order valence-corrected chi connectivity index (χ2v) is 10.4. The minimum Gasteiger partial charge on any atom is -0.497 e. The highest BCUT2D eigenvalue weighted by molar-refractivity contribution is 7.92. The number of nitrogens with one attached hydrogen (secondary N) is 2. The van der Waals surface area contributed by atoms with E-state index in [0.717, 1.165) is 0 Å². The average molecular weight is 556 g/mol. The van der Waals surface area contributed by atoms with Gasteiger partial charge in [0, 0.05) is 29.4 Å². The number of aromatic nitrogens is 2. The zero-order valence-electron chi connectivity index (χ0n) is 21.6. The lowest BCUT2D eigenvalue weighted by Gasteiger charge is -2.15. The lowest BCUT2D eigenvalue weighted by atomic mass is 9.99. The van der Waals surface area contributed by atoms with E-state index in [-0.39, 0.29) is 22.1 Å². The van der Waals surface area contributed by atoms with Gasteiger partial charge >= 0.3 is 0 Å². The fourth-order valence-electron chi connectivity index (χ4n) is 4.14. The van der Waals surface area contributed by atoms with Crippen molar-refractivity contribution in [2.45, 2.75) is 4.90 Å². The van der Waals surface area contributed by atoms with Crippen molar-refractivity contribution in [2.24, 2.45) is 5.73 Å². The molecule has 0 atom stereocenters. The van der Waals surface area contributed by atoms with E-state index in [1.54, 1.807) is 72.8 Å². The van der Waals surface area contributed by atoms with E-state index in [1.165, 1.54) is 26.4 Å². The monoisotopic (exact) mass is 555 g/mol. The van der Waals surface area contributed by atoms with Crippen molar-refractivity contribution in [1.29, 1.82) is 0 Å². The molecular formula is C29H25N5O5S. The molecule has 5 aromatic rings. The van der Waals surface area contributed by atoms with E-state index in [2.05, 4.69) is 20.0 Å². The van der Waals surface area contributed by atoms with Crippen LogP contribution in [0.3, 0.4) is 0 Å². The number of nitrogens with zero attached hydrogens (tertiary/aromatic N) is 2. The Labute approximate surface area is 230 Å². The summed E-state index contributed by atoms with van der Waals surface area (Å²) < 4.78 is 40.5. The molecule has 11 heteroatoms. The molecule has 0 aliphatic rings. The fraction of sp³-hybridized carbons (Fsp3) is 0.0690. The number of benzene rings is 4. The molecule has 5 rings (SSSR count). The molecule has 1 heterocycles. The molecule has 0 bridgehead atoms. The van der Waals surface area contributed by atoms with Gasteiger partial charge in [-0.2, -0.15) is 0 Å². The zero-order valence-corrected chi connectivity index (χ0v) is 22.4. The normalized spacial score (nSPS) is 11.2. The Kier molecular flexibility index (Phi) is 7.21. The second kappa shape index (κ2) is 10.9. The van der Waals surface area contributed by atoms with Crippen LogP contribution in [-0.4, -0.2) is 38.5 Å². The van der Waals surface area contributed by atoms with Gasteiger partial charge in [0.1, 0.15) is 11.5 Å². The zero-order chi connectivity index (χ0) is 28.3. The largest absolute Gasteiger partial charge is 0.497 e. The Morgan fingerprint density at radius 1 is 0.775 bits per heavy atom. The summed E-state index contributed by atoms with van der Waals surface area (Å²) in [4.78, 5) is 21.1. The van der Waals surface area contributed by atoms with Crippen LogP contribution >= 0.6 is 0 Å². The Hall–Kier alpha value is -5.16. The molecule has 0 fully saturated rings. The first-order chi connectivity index (χ1) is 19.3. The van der Waals surface area contributed by atoms with Crippen molar-refractivity contribution in [1.82, 2.24) is 9.97 Å². The molecule has 4 aromatic carbocycles. The number of methoxy groups -OCH3 is 2. The number of fused-ring (bicyclic) bond motifs is 1. The molecule has 202 valence electrons. The standard InChI is InChI=1S/C29H25N5O5S/c1-38-20-15-19(16-21(17-20)39-2)31-28-29(33-26-13-6-5-12-25(26)32-28)34-40(36,37)22-9-7-8-18(14-22)23-10-3-4-11-24(23)27(30)35/h3-17H,1-2H3,(H2,30,35)(H,31,32)(H,33,34). The summed E-state index contributed by atoms with van der Waals surface area (Å²) in [6.07, 6.45) is 0. The third-order valence-corrected chi connectivity index (χ3v) is 7.40. The number of anilines is 3. The van der Waals surface area contributed by atoms with E-state index in [4.69, 9.17) is 15.2 Å². The smallest absolute Gasteiger partial charge is 0.263 e. The average Bonchev–Trinajstić information content (AvgIpc) is 2.97. The number of carbonyl (C=O) groups excluding carboxylic acids is 1. The maximum Gasteiger partial charge on any atom is 0.263 e. The molecule has 0 spiro atoms. The summed E-state index contributed by atoms with van der Waals surface area (Å²) >= 11 is 0. The quantitative estimate of drug-likeness (QED) is 0.231. The Bertz CT molecular complexity index is 1820. The minimum atomic E-state index is -4.14. The molecule has 10 nitrogen and oxygen atoms in total. The lowest BCUT2D eigenvalue weighted by Crippen LogP contribution is -2.16. The van der Waals surface area contributed by atoms with E-state index in [1.807, 2.05) is 6.07 Å². The van der Waals surface area contributed by atoms with Gasteiger partial charge in [-0.3, -0.25) is 9.52 Å². The number of nitrogens with two attached hydrogens (primary N) is 1. The number of hydrogen-bond acceptors (Lipinski definition) is 8. The predicted molar refractivity (Wildman–Crippen MR) is 154 cm³/mol. The number of carbonyl (C=O) groups is 1. The van der Waals surface area contributed by atoms with Crippen LogP contribution in [0.4, 0.5) is 17.3 Å². The summed E-state index contributed by atoms with van der Waals surface area (Å²) in [6.45, 7) is 0. The van der Waals surface area contributed by atoms with Gasteiger partial charge in [-0.15, -0.1) is 0 Å². The van der Waals surface area contributed by atoms with Crippen LogP contribution in [0, 0.1) is 0 Å². The SMILES string of the molecule is COc1cc(Nc2nc3ccccc3nc2NS(=O)(=O)c2cccc(-c3ccccc3C(N)=O)c2)cc(OC)c1. The van der Waals surface area contributed by atoms with Crippen LogP contribution in [0.15, 0.2) is 95.9 Å². The Balaban J connectivity index is 1.56. The van der Waals surface area contributed by atoms with Gasteiger partial charge in [-0.05, 0) is 41.5 Å². The van der Waals surface area contributed by atoms with Gasteiger partial charge in [-0.1, -0.05) is 42.5 Å². The van der Waals surface area contributed by atoms with E-state index in [9.17, 15) is 13.2 Å². The van der Waals surface area contributed by atoms with Crippen molar-refractivity contribution >= 4 is 44.3 Å². The first kappa shape index (κ1) is 26.4. The van der Waals surface area contributed by atoms with Gasteiger partial charge < -0.3 is 20.5 Å². The maximum atomic E-state index is 13.6. The molecule has 4 N–H and O–H groups in total. The second-order valence-electron chi connectivity index (χ2n) is 8.68. The van der Waals surface area contributed by atoms with Crippen LogP contribution in [0.1, 0.15) is 10.4 Å². The Morgan fingerprint density at radius 2 is 1.40 bits per heavy atom. The van der Waals surface area contributed by atoms with Crippen LogP contribution in [0.2, 0.25) is 0 Å². The molecule has 1 aromatic heterocycles. The maximum absolute atomic E-state index is 13.6. The molecule has 1 amide bonds. The summed E-state index contributed by atoms with van der Waals surface area (Å²) in [7, 11) is -1.08. The topological polar surface area (TPSA) is 146 Å². The first-order valence-electron chi connectivity index (χ1n) is 12.1. The number of hydrogen-bond donors (Lipinski definition) is 3. The highest BCUT2D eigenvalue weighted by atomic mass is 32.2. The molecule has 0 aliphatic carbocycles. The molecule has 0 unspecified atom stereocenters. The number of para-hydroxylation sites is 2. The van der Waals surface area contributed by atoms with Crippen molar-refractivity contribution in [3.63, 3.8) is 0 Å². The molecule has 0 saturated carbocycles. The molecule has 0 saturated heterocycles. The summed E-state index contributed by atoms with van der Waals surface area (Å²) in [5, 5.41) is 3.13. The van der Waals surface area contributed by atoms with Crippen molar-refractivity contribution in [3.8, 4) is 22.6 Å². The summed E-state index contributed by atoms with van der Waals surface area (Å²) in [5.74, 6) is 0.617. The summed E-state index contributed by atoms with van der Waals surface area (Å²) in [5.41, 5.74) is 8.46. The predicted octanol–water partition coefficient (Wildman–Crippen LogP) is 4.96. The highest BCUT2D eigenvalue weighted by Gasteiger charge is 2.21. The van der Waals surface area contributed by atoms with Gasteiger partial charge in [-0.25, -0.2) is 18.4 Å². The minimum absolute atomic E-state index is 0.0107. The third-order valence-electron chi connectivity index (χ3n) is 6.06. The van der Waals surface area contributed by atoms with Gasteiger partial charge in [0.25, 0.3) is 10.0 Å². The molecular weight excluding hydrogens is 530 g/mol. The molecule has 0 radical (unpaired) electrons. The first-order valence-corrected chi connectivity index (χ1v) is 13.5. The fourth-order valence-corrected chi connectivity index (χ4v) is 5.20. The van der Waals surface area contributed by atoms with Crippen LogP contribution in [0.25, 0.3) is 22.2 Å². The van der Waals surface area contributed by atoms with Crippen molar-refractivity contribution in [2.75, 3.05) is 24.3 Å². The number of rotatable bonds is 9. The van der Waals surface area contributed by atoms with Gasteiger partial charge in [0.2, 0.25) is 5.91 Å². The summed E-state index contributed by atoms with van der Waals surface area (Å²) in [6, 6.07) is 25.2. The number of sulfonamides is 1. The number of ether oxygens (including phenoxy) is 2. The van der Waals surface area contributed by atoms with Crippen molar-refractivity contribution < 1.29 is 22.7 Å². The Morgan fingerprint density at radius 3 is 2.05 bits per heavy atom. The van der Waals surface area contributed by atoms with Crippen LogP contribution in [-0.2, 0) is 10.0 Å². The van der Waals surface area contributed by atoms with E-state index >= 15 is 0 Å². The van der Waals surface area contributed by atoms with Crippen LogP contribution in [0.5, 0.6) is 11.5 Å².